The summed E-state index contributed by atoms with van der Waals surface area (Å²) in [5.74, 6) is 0.602. The fraction of sp³-hybridized carbons (Fsp3) is 0.263. The summed E-state index contributed by atoms with van der Waals surface area (Å²) in [7, 11) is 0. The number of hydrogen-bond donors (Lipinski definition) is 1. The lowest BCUT2D eigenvalue weighted by atomic mass is 10.2. The maximum absolute atomic E-state index is 11.3. The first-order valence-electron chi connectivity index (χ1n) is 8.74. The number of aldehydes is 1. The third kappa shape index (κ3) is 4.55. The molecule has 8 nitrogen and oxygen atoms in total. The van der Waals surface area contributed by atoms with Gasteiger partial charge in [-0.05, 0) is 18.1 Å². The van der Waals surface area contributed by atoms with Crippen LogP contribution in [-0.2, 0) is 29.0 Å². The third-order valence-electron chi connectivity index (χ3n) is 4.15. The van der Waals surface area contributed by atoms with E-state index in [0.717, 1.165) is 27.1 Å². The molecule has 0 aliphatic rings. The number of rotatable bonds is 9. The molecular formula is C19H18N4O4S. The van der Waals surface area contributed by atoms with Crippen LogP contribution in [0.3, 0.4) is 0 Å². The molecule has 0 aliphatic carbocycles. The van der Waals surface area contributed by atoms with E-state index < -0.39 is 10.7 Å². The lowest BCUT2D eigenvalue weighted by Gasteiger charge is -2.09. The van der Waals surface area contributed by atoms with Crippen molar-refractivity contribution in [2.24, 2.45) is 0 Å². The zero-order valence-electron chi connectivity index (χ0n) is 15.2. The number of thiophene rings is 1. The second kappa shape index (κ2) is 8.66. The summed E-state index contributed by atoms with van der Waals surface area (Å²) < 4.78 is 0. The maximum atomic E-state index is 11.3. The minimum absolute atomic E-state index is 0.0315. The van der Waals surface area contributed by atoms with Gasteiger partial charge in [0.25, 0.3) is 5.69 Å². The number of aryl methyl sites for hydroxylation is 2. The van der Waals surface area contributed by atoms with Crippen LogP contribution in [0.1, 0.15) is 29.6 Å². The van der Waals surface area contributed by atoms with Gasteiger partial charge in [-0.15, -0.1) is 11.3 Å². The minimum atomic E-state index is -0.491. The number of anilines is 1. The summed E-state index contributed by atoms with van der Waals surface area (Å²) in [5.41, 5.74) is 0.786. The third-order valence-corrected chi connectivity index (χ3v) is 5.32. The van der Waals surface area contributed by atoms with E-state index in [9.17, 15) is 19.7 Å². The molecule has 0 radical (unpaired) electrons. The average Bonchev–Trinajstić information content (AvgIpc) is 3.13. The summed E-state index contributed by atoms with van der Waals surface area (Å²) in [5, 5.41) is 15.0. The molecule has 1 N–H and O–H groups in total. The van der Waals surface area contributed by atoms with Crippen LogP contribution < -0.4 is 5.32 Å². The number of Topliss-reactive ketones (excluding diaryl/α,β-unsaturated/α-hetero) is 1. The lowest BCUT2D eigenvalue weighted by Crippen LogP contribution is -2.07. The number of aromatic nitrogens is 2. The van der Waals surface area contributed by atoms with Crippen molar-refractivity contribution in [2.45, 2.75) is 32.7 Å². The fourth-order valence-corrected chi connectivity index (χ4v) is 3.68. The Kier molecular flexibility index (Phi) is 6.05. The number of carbonyl (C=O) groups excluding carboxylic acids is 2. The molecule has 28 heavy (non-hydrogen) atoms. The molecule has 2 aromatic heterocycles. The van der Waals surface area contributed by atoms with Crippen molar-refractivity contribution in [3.8, 4) is 0 Å². The van der Waals surface area contributed by atoms with Crippen LogP contribution in [0.15, 0.2) is 30.3 Å². The largest absolute Gasteiger partial charge is 0.365 e. The molecule has 3 rings (SSSR count). The standard InChI is InChI=1S/C19H18N4O4S/c1-2-15-9-16-18(20-10-12-4-3-5-13(8-12)23(26)27)21-17(22-19(16)28-15)7-6-14(25)11-24/h3-5,8-9,11H,2,6-7,10H2,1H3,(H,20,21,22). The Bertz CT molecular complexity index is 1050. The number of nitrogens with one attached hydrogen (secondary N) is 1. The van der Waals surface area contributed by atoms with Crippen molar-refractivity contribution in [1.82, 2.24) is 9.97 Å². The van der Waals surface area contributed by atoms with Crippen molar-refractivity contribution in [3.05, 3.63) is 56.7 Å². The number of carbonyl (C=O) groups is 2. The van der Waals surface area contributed by atoms with E-state index >= 15 is 0 Å². The molecule has 2 heterocycles. The van der Waals surface area contributed by atoms with Gasteiger partial charge in [-0.2, -0.15) is 0 Å². The Morgan fingerprint density at radius 3 is 2.86 bits per heavy atom. The van der Waals surface area contributed by atoms with Crippen LogP contribution >= 0.6 is 11.3 Å². The lowest BCUT2D eigenvalue weighted by molar-refractivity contribution is -0.384. The van der Waals surface area contributed by atoms with Gasteiger partial charge in [-0.3, -0.25) is 19.7 Å². The number of hydrogen-bond acceptors (Lipinski definition) is 8. The van der Waals surface area contributed by atoms with E-state index in [4.69, 9.17) is 0 Å². The number of nitrogens with zero attached hydrogens (tertiary/aromatic N) is 3. The Balaban J connectivity index is 1.88. The summed E-state index contributed by atoms with van der Waals surface area (Å²) in [6, 6.07) is 8.42. The highest BCUT2D eigenvalue weighted by molar-refractivity contribution is 7.18. The molecule has 0 saturated carbocycles. The van der Waals surface area contributed by atoms with E-state index in [0.29, 0.717) is 24.5 Å². The highest BCUT2D eigenvalue weighted by Gasteiger charge is 2.13. The molecule has 0 atom stereocenters. The van der Waals surface area contributed by atoms with Crippen LogP contribution in [0.2, 0.25) is 0 Å². The zero-order valence-corrected chi connectivity index (χ0v) is 16.0. The molecule has 144 valence electrons. The smallest absolute Gasteiger partial charge is 0.269 e. The van der Waals surface area contributed by atoms with Crippen LogP contribution in [0, 0.1) is 10.1 Å². The van der Waals surface area contributed by atoms with Gasteiger partial charge >= 0.3 is 0 Å². The molecule has 9 heteroatoms. The number of fused-ring (bicyclic) bond motifs is 1. The SMILES string of the molecule is CCc1cc2c(NCc3cccc([N+](=O)[O-])c3)nc(CCC(=O)C=O)nc2s1. The van der Waals surface area contributed by atoms with E-state index in [1.165, 1.54) is 12.1 Å². The average molecular weight is 398 g/mol. The number of non-ortho nitro benzene ring substituents is 1. The Hall–Kier alpha value is -3.20. The number of nitro benzene ring substituents is 1. The van der Waals surface area contributed by atoms with E-state index in [-0.39, 0.29) is 18.5 Å². The first kappa shape index (κ1) is 19.6. The monoisotopic (exact) mass is 398 g/mol. The first-order chi connectivity index (χ1) is 13.5. The van der Waals surface area contributed by atoms with Crippen LogP contribution in [0.4, 0.5) is 11.5 Å². The normalized spacial score (nSPS) is 10.8. The molecule has 0 fully saturated rings. The van der Waals surface area contributed by atoms with Crippen molar-refractivity contribution in [1.29, 1.82) is 0 Å². The van der Waals surface area contributed by atoms with Crippen LogP contribution in [-0.4, -0.2) is 27.0 Å². The molecule has 0 bridgehead atoms. The van der Waals surface area contributed by atoms with Crippen molar-refractivity contribution in [2.75, 3.05) is 5.32 Å². The van der Waals surface area contributed by atoms with Gasteiger partial charge in [0.05, 0.1) is 10.3 Å². The van der Waals surface area contributed by atoms with Crippen molar-refractivity contribution < 1.29 is 14.5 Å². The molecule has 0 aliphatic heterocycles. The van der Waals surface area contributed by atoms with Crippen molar-refractivity contribution in [3.63, 3.8) is 0 Å². The highest BCUT2D eigenvalue weighted by Crippen LogP contribution is 2.30. The van der Waals surface area contributed by atoms with E-state index in [1.807, 2.05) is 6.07 Å². The first-order valence-corrected chi connectivity index (χ1v) is 9.56. The Morgan fingerprint density at radius 2 is 2.14 bits per heavy atom. The highest BCUT2D eigenvalue weighted by atomic mass is 32.1. The van der Waals surface area contributed by atoms with Crippen LogP contribution in [0.5, 0.6) is 0 Å². The van der Waals surface area contributed by atoms with Gasteiger partial charge in [0.15, 0.2) is 12.1 Å². The molecular weight excluding hydrogens is 380 g/mol. The van der Waals surface area contributed by atoms with Crippen LogP contribution in [0.25, 0.3) is 10.2 Å². The van der Waals surface area contributed by atoms with Gasteiger partial charge in [0, 0.05) is 36.4 Å². The van der Waals surface area contributed by atoms with Gasteiger partial charge in [0.1, 0.15) is 16.5 Å². The summed E-state index contributed by atoms with van der Waals surface area (Å²) in [4.78, 5) is 43.3. The number of ketones is 1. The molecule has 0 unspecified atom stereocenters. The number of nitro groups is 1. The van der Waals surface area contributed by atoms with Gasteiger partial charge in [-0.25, -0.2) is 9.97 Å². The molecule has 0 amide bonds. The number of benzene rings is 1. The second-order valence-electron chi connectivity index (χ2n) is 6.14. The molecule has 0 saturated heterocycles. The molecule has 0 spiro atoms. The Morgan fingerprint density at radius 1 is 1.32 bits per heavy atom. The van der Waals surface area contributed by atoms with E-state index in [1.54, 1.807) is 23.5 Å². The summed E-state index contributed by atoms with van der Waals surface area (Å²) >= 11 is 1.56. The second-order valence-corrected chi connectivity index (χ2v) is 7.25. The van der Waals surface area contributed by atoms with Gasteiger partial charge in [-0.1, -0.05) is 19.1 Å². The van der Waals surface area contributed by atoms with E-state index in [2.05, 4.69) is 22.2 Å². The van der Waals surface area contributed by atoms with Gasteiger partial charge < -0.3 is 5.32 Å². The van der Waals surface area contributed by atoms with Gasteiger partial charge in [0.2, 0.25) is 0 Å². The quantitative estimate of drug-likeness (QED) is 0.254. The maximum Gasteiger partial charge on any atom is 0.269 e. The fourth-order valence-electron chi connectivity index (χ4n) is 2.70. The zero-order chi connectivity index (χ0) is 20.1. The topological polar surface area (TPSA) is 115 Å². The Labute approximate surface area is 164 Å². The van der Waals surface area contributed by atoms with Crippen molar-refractivity contribution >= 4 is 45.1 Å². The summed E-state index contributed by atoms with van der Waals surface area (Å²) in [6.07, 6.45) is 1.51. The predicted molar refractivity (Wildman–Crippen MR) is 107 cm³/mol. The molecule has 3 aromatic rings. The summed E-state index contributed by atoms with van der Waals surface area (Å²) in [6.45, 7) is 2.41. The predicted octanol–water partition coefficient (Wildman–Crippen LogP) is 3.47. The minimum Gasteiger partial charge on any atom is -0.365 e. The molecule has 1 aromatic carbocycles.